The Morgan fingerprint density at radius 2 is 1.53 bits per heavy atom. The molecule has 4 amide bonds. The summed E-state index contributed by atoms with van der Waals surface area (Å²) in [7, 11) is 0. The van der Waals surface area contributed by atoms with E-state index in [1.807, 2.05) is 5.32 Å². The van der Waals surface area contributed by atoms with Crippen molar-refractivity contribution < 1.29 is 44.1 Å². The lowest BCUT2D eigenvalue weighted by molar-refractivity contribution is -0.144. The normalized spacial score (nSPS) is 18.5. The third kappa shape index (κ3) is 8.00. The zero-order valence-corrected chi connectivity index (χ0v) is 15.9. The molecule has 1 aliphatic rings. The molecule has 0 aliphatic carbocycles. The molecule has 14 heteroatoms. The zero-order valence-electron chi connectivity index (χ0n) is 15.9. The number of nitrogens with two attached hydrogens (primary N) is 1. The number of hydrogen-bond donors (Lipinski definition) is 8. The van der Waals surface area contributed by atoms with Crippen molar-refractivity contribution in [1.82, 2.24) is 21.3 Å². The van der Waals surface area contributed by atoms with Crippen molar-refractivity contribution in [3.8, 4) is 0 Å². The van der Waals surface area contributed by atoms with Gasteiger partial charge in [0.05, 0.1) is 25.5 Å². The summed E-state index contributed by atoms with van der Waals surface area (Å²) in [5.74, 6) is -6.77. The van der Waals surface area contributed by atoms with Gasteiger partial charge in [0, 0.05) is 0 Å². The molecule has 1 saturated heterocycles. The number of carbonyl (C=O) groups excluding carboxylic acids is 4. The molecule has 0 aromatic rings. The van der Waals surface area contributed by atoms with E-state index in [-0.39, 0.29) is 0 Å². The fraction of sp³-hybridized carbons (Fsp3) is 0.625. The molecule has 168 valence electrons. The van der Waals surface area contributed by atoms with Crippen LogP contribution in [0.3, 0.4) is 0 Å². The molecule has 0 saturated carbocycles. The quantitative estimate of drug-likeness (QED) is 0.148. The van der Waals surface area contributed by atoms with Crippen LogP contribution in [0.15, 0.2) is 0 Å². The highest BCUT2D eigenvalue weighted by Gasteiger charge is 2.32. The summed E-state index contributed by atoms with van der Waals surface area (Å²) in [6, 6.07) is -5.48. The Bertz CT molecular complexity index is 693. The third-order valence-corrected chi connectivity index (χ3v) is 4.22. The van der Waals surface area contributed by atoms with Gasteiger partial charge >= 0.3 is 11.9 Å². The number of primary amides is 1. The van der Waals surface area contributed by atoms with Gasteiger partial charge in [-0.3, -0.25) is 24.0 Å². The molecule has 0 radical (unpaired) electrons. The van der Waals surface area contributed by atoms with Gasteiger partial charge in [0.2, 0.25) is 23.6 Å². The van der Waals surface area contributed by atoms with Gasteiger partial charge in [0.1, 0.15) is 18.1 Å². The molecule has 1 rings (SSSR count). The number of nitrogens with one attached hydrogen (secondary N) is 4. The van der Waals surface area contributed by atoms with E-state index in [0.717, 1.165) is 6.42 Å². The Morgan fingerprint density at radius 1 is 0.933 bits per heavy atom. The smallest absolute Gasteiger partial charge is 0.326 e. The molecule has 0 spiro atoms. The molecular weight excluding hydrogens is 406 g/mol. The van der Waals surface area contributed by atoms with Gasteiger partial charge in [-0.1, -0.05) is 0 Å². The Kier molecular flexibility index (Phi) is 9.64. The molecule has 1 aliphatic heterocycles. The molecule has 0 bridgehead atoms. The molecule has 0 aromatic carbocycles. The number of aliphatic hydroxyl groups is 1. The van der Waals surface area contributed by atoms with Crippen molar-refractivity contribution in [1.29, 1.82) is 0 Å². The first kappa shape index (κ1) is 24.8. The minimum atomic E-state index is -1.69. The lowest BCUT2D eigenvalue weighted by atomic mass is 10.1. The summed E-state index contributed by atoms with van der Waals surface area (Å²) >= 11 is 0. The van der Waals surface area contributed by atoms with Gasteiger partial charge in [0.25, 0.3) is 0 Å². The standard InChI is InChI=1S/C16H25N5O9/c17-11(23)4-9(16(29)30)20-15(28)10(6-22)21-14(27)8(5-12(24)25)19-13(26)7-2-1-3-18-7/h7-10,18,22H,1-6H2,(H2,17,23)(H,19,26)(H,20,28)(H,21,27)(H,24,25)(H,29,30). The Morgan fingerprint density at radius 3 is 2.00 bits per heavy atom. The van der Waals surface area contributed by atoms with Gasteiger partial charge in [-0.25, -0.2) is 4.79 Å². The highest BCUT2D eigenvalue weighted by molar-refractivity contribution is 5.96. The molecule has 0 aromatic heterocycles. The first-order chi connectivity index (χ1) is 14.0. The van der Waals surface area contributed by atoms with Crippen LogP contribution in [0.1, 0.15) is 25.7 Å². The van der Waals surface area contributed by atoms with Crippen molar-refractivity contribution in [3.63, 3.8) is 0 Å². The number of aliphatic hydroxyl groups excluding tert-OH is 1. The van der Waals surface area contributed by atoms with E-state index >= 15 is 0 Å². The van der Waals surface area contributed by atoms with Crippen molar-refractivity contribution >= 4 is 35.6 Å². The fourth-order valence-electron chi connectivity index (χ4n) is 2.70. The third-order valence-electron chi connectivity index (χ3n) is 4.22. The van der Waals surface area contributed by atoms with Crippen LogP contribution < -0.4 is 27.0 Å². The van der Waals surface area contributed by atoms with Gasteiger partial charge in [-0.2, -0.15) is 0 Å². The number of carbonyl (C=O) groups is 6. The second kappa shape index (κ2) is 11.7. The second-order valence-electron chi connectivity index (χ2n) is 6.62. The minimum Gasteiger partial charge on any atom is -0.481 e. The summed E-state index contributed by atoms with van der Waals surface area (Å²) in [6.07, 6.45) is -0.273. The number of amides is 4. The van der Waals surface area contributed by atoms with Crippen LogP contribution in [0.5, 0.6) is 0 Å². The molecular formula is C16H25N5O9. The molecule has 30 heavy (non-hydrogen) atoms. The Hall–Kier alpha value is -3.26. The average Bonchev–Trinajstić information content (AvgIpc) is 3.18. The first-order valence-electron chi connectivity index (χ1n) is 9.03. The van der Waals surface area contributed by atoms with Crippen LogP contribution in [-0.4, -0.2) is 88.2 Å². The van der Waals surface area contributed by atoms with E-state index in [9.17, 15) is 33.9 Å². The summed E-state index contributed by atoms with van der Waals surface area (Å²) < 4.78 is 0. The molecule has 9 N–H and O–H groups in total. The lowest BCUT2D eigenvalue weighted by Crippen LogP contribution is -2.58. The molecule has 1 fully saturated rings. The van der Waals surface area contributed by atoms with Gasteiger partial charge in [0.15, 0.2) is 0 Å². The molecule has 4 unspecified atom stereocenters. The van der Waals surface area contributed by atoms with Gasteiger partial charge < -0.3 is 42.3 Å². The number of rotatable bonds is 12. The van der Waals surface area contributed by atoms with Crippen LogP contribution >= 0.6 is 0 Å². The number of carboxylic acids is 2. The maximum absolute atomic E-state index is 12.4. The topological polar surface area (TPSA) is 237 Å². The van der Waals surface area contributed by atoms with Crippen molar-refractivity contribution in [2.45, 2.75) is 49.9 Å². The summed E-state index contributed by atoms with van der Waals surface area (Å²) in [4.78, 5) is 69.8. The highest BCUT2D eigenvalue weighted by atomic mass is 16.4. The van der Waals surface area contributed by atoms with Crippen molar-refractivity contribution in [2.75, 3.05) is 13.2 Å². The lowest BCUT2D eigenvalue weighted by Gasteiger charge is -2.23. The van der Waals surface area contributed by atoms with Crippen LogP contribution in [0, 0.1) is 0 Å². The van der Waals surface area contributed by atoms with Crippen molar-refractivity contribution in [2.24, 2.45) is 5.73 Å². The van der Waals surface area contributed by atoms with E-state index in [1.165, 1.54) is 0 Å². The second-order valence-corrected chi connectivity index (χ2v) is 6.62. The van der Waals surface area contributed by atoms with Gasteiger partial charge in [-0.05, 0) is 19.4 Å². The predicted molar refractivity (Wildman–Crippen MR) is 97.6 cm³/mol. The fourth-order valence-corrected chi connectivity index (χ4v) is 2.70. The number of carboxylic acid groups (broad SMARTS) is 2. The monoisotopic (exact) mass is 431 g/mol. The highest BCUT2D eigenvalue weighted by Crippen LogP contribution is 2.06. The van der Waals surface area contributed by atoms with E-state index in [2.05, 4.69) is 16.0 Å². The predicted octanol–water partition coefficient (Wildman–Crippen LogP) is -4.38. The molecule has 4 atom stereocenters. The summed E-state index contributed by atoms with van der Waals surface area (Å²) in [6.45, 7) is -0.366. The van der Waals surface area contributed by atoms with E-state index < -0.39 is 79.2 Å². The van der Waals surface area contributed by atoms with Gasteiger partial charge in [-0.15, -0.1) is 0 Å². The van der Waals surface area contributed by atoms with Crippen molar-refractivity contribution in [3.05, 3.63) is 0 Å². The zero-order chi connectivity index (χ0) is 22.8. The largest absolute Gasteiger partial charge is 0.481 e. The number of aliphatic carboxylic acids is 2. The Labute approximate surface area is 170 Å². The first-order valence-corrected chi connectivity index (χ1v) is 9.03. The SMILES string of the molecule is NC(=O)CC(NC(=O)C(CO)NC(=O)C(CC(=O)O)NC(=O)C1CCCN1)C(=O)O. The maximum atomic E-state index is 12.4. The van der Waals surface area contributed by atoms with Crippen LogP contribution in [0.2, 0.25) is 0 Å². The van der Waals surface area contributed by atoms with E-state index in [1.54, 1.807) is 0 Å². The maximum Gasteiger partial charge on any atom is 0.326 e. The average molecular weight is 431 g/mol. The molecule has 1 heterocycles. The number of hydrogen-bond acceptors (Lipinski definition) is 8. The Balaban J connectivity index is 2.80. The van der Waals surface area contributed by atoms with Crippen LogP contribution in [0.25, 0.3) is 0 Å². The van der Waals surface area contributed by atoms with Crippen LogP contribution in [0.4, 0.5) is 0 Å². The summed E-state index contributed by atoms with van der Waals surface area (Å²) in [5.41, 5.74) is 4.91. The molecule has 14 nitrogen and oxygen atoms in total. The van der Waals surface area contributed by atoms with E-state index in [0.29, 0.717) is 13.0 Å². The minimum absolute atomic E-state index is 0.505. The van der Waals surface area contributed by atoms with Crippen LogP contribution in [-0.2, 0) is 28.8 Å². The summed E-state index contributed by atoms with van der Waals surface area (Å²) in [5, 5.41) is 36.5. The van der Waals surface area contributed by atoms with E-state index in [4.69, 9.17) is 15.9 Å².